The topological polar surface area (TPSA) is 83.8 Å². The lowest BCUT2D eigenvalue weighted by molar-refractivity contribution is -0.0168. The number of aromatic amines is 1. The van der Waals surface area contributed by atoms with Gasteiger partial charge in [0, 0.05) is 23.4 Å². The smallest absolute Gasteiger partial charge is 0.213 e. The average Bonchev–Trinajstić information content (AvgIpc) is 3.15. The summed E-state index contributed by atoms with van der Waals surface area (Å²) in [5.41, 5.74) is 3.06. The highest BCUT2D eigenvalue weighted by molar-refractivity contribution is 5.65. The van der Waals surface area contributed by atoms with Crippen molar-refractivity contribution in [1.82, 2.24) is 15.0 Å². The van der Waals surface area contributed by atoms with Crippen LogP contribution in [0.5, 0.6) is 5.88 Å². The summed E-state index contributed by atoms with van der Waals surface area (Å²) in [6.45, 7) is 6.98. The van der Waals surface area contributed by atoms with Crippen LogP contribution in [-0.4, -0.2) is 33.8 Å². The zero-order valence-corrected chi connectivity index (χ0v) is 15.7. The molecule has 0 radical (unpaired) electrons. The van der Waals surface area contributed by atoms with Gasteiger partial charge in [-0.2, -0.15) is 5.26 Å². The molecule has 6 nitrogen and oxygen atoms in total. The molecule has 0 aliphatic carbocycles. The third-order valence-corrected chi connectivity index (χ3v) is 3.76. The van der Waals surface area contributed by atoms with E-state index in [1.54, 1.807) is 18.5 Å². The number of rotatable bonds is 6. The average molecular weight is 362 g/mol. The van der Waals surface area contributed by atoms with E-state index in [1.807, 2.05) is 51.1 Å². The van der Waals surface area contributed by atoms with Crippen molar-refractivity contribution in [3.05, 3.63) is 54.4 Å². The minimum Gasteiger partial charge on any atom is -0.475 e. The molecule has 1 N–H and O–H groups in total. The molecule has 1 aromatic carbocycles. The van der Waals surface area contributed by atoms with Gasteiger partial charge in [0.1, 0.15) is 12.4 Å². The Hall–Kier alpha value is -3.17. The minimum atomic E-state index is -0.176. The first-order valence-corrected chi connectivity index (χ1v) is 8.73. The Balaban J connectivity index is 1.64. The lowest BCUT2D eigenvalue weighted by atomic mass is 10.1. The van der Waals surface area contributed by atoms with Crippen molar-refractivity contribution in [2.45, 2.75) is 26.4 Å². The molecule has 0 spiro atoms. The standard InChI is InChI=1S/C21H22N4O2/c1-21(2,3)27-10-9-26-19-8-7-17(13-23-19)20-24-14-18(25-20)16-6-4-5-15(11-16)12-22/h4-8,11,13-14H,9-10H2,1-3H3,(H,24,25). The van der Waals surface area contributed by atoms with Crippen molar-refractivity contribution >= 4 is 0 Å². The molecule has 0 bridgehead atoms. The van der Waals surface area contributed by atoms with Crippen LogP contribution in [0.25, 0.3) is 22.6 Å². The summed E-state index contributed by atoms with van der Waals surface area (Å²) in [6, 6.07) is 13.2. The van der Waals surface area contributed by atoms with Gasteiger partial charge in [-0.15, -0.1) is 0 Å². The fraction of sp³-hybridized carbons (Fsp3) is 0.286. The summed E-state index contributed by atoms with van der Waals surface area (Å²) in [7, 11) is 0. The first-order valence-electron chi connectivity index (χ1n) is 8.73. The molecule has 0 saturated heterocycles. The van der Waals surface area contributed by atoms with E-state index in [2.05, 4.69) is 21.0 Å². The van der Waals surface area contributed by atoms with Gasteiger partial charge in [0.2, 0.25) is 5.88 Å². The summed E-state index contributed by atoms with van der Waals surface area (Å²) in [4.78, 5) is 12.0. The highest BCUT2D eigenvalue weighted by atomic mass is 16.5. The van der Waals surface area contributed by atoms with Gasteiger partial charge in [0.05, 0.1) is 35.7 Å². The van der Waals surface area contributed by atoms with E-state index in [-0.39, 0.29) is 5.60 Å². The number of imidazole rings is 1. The molecule has 0 saturated carbocycles. The van der Waals surface area contributed by atoms with Crippen LogP contribution in [0.4, 0.5) is 0 Å². The summed E-state index contributed by atoms with van der Waals surface area (Å²) < 4.78 is 11.2. The van der Waals surface area contributed by atoms with E-state index in [4.69, 9.17) is 14.7 Å². The highest BCUT2D eigenvalue weighted by Crippen LogP contribution is 2.23. The second kappa shape index (κ2) is 8.02. The predicted molar refractivity (Wildman–Crippen MR) is 103 cm³/mol. The number of hydrogen-bond acceptors (Lipinski definition) is 5. The normalized spacial score (nSPS) is 11.2. The lowest BCUT2D eigenvalue weighted by Gasteiger charge is -2.19. The molecular weight excluding hydrogens is 340 g/mol. The maximum atomic E-state index is 9.03. The van der Waals surface area contributed by atoms with Crippen molar-refractivity contribution in [1.29, 1.82) is 5.26 Å². The van der Waals surface area contributed by atoms with Crippen LogP contribution < -0.4 is 4.74 Å². The Morgan fingerprint density at radius 3 is 2.59 bits per heavy atom. The number of nitriles is 1. The maximum absolute atomic E-state index is 9.03. The van der Waals surface area contributed by atoms with Gasteiger partial charge in [-0.25, -0.2) is 9.97 Å². The van der Waals surface area contributed by atoms with Crippen LogP contribution in [0.2, 0.25) is 0 Å². The molecule has 2 heterocycles. The summed E-state index contributed by atoms with van der Waals surface area (Å²) in [5, 5.41) is 9.03. The number of benzene rings is 1. The molecule has 27 heavy (non-hydrogen) atoms. The molecule has 138 valence electrons. The van der Waals surface area contributed by atoms with Crippen molar-refractivity contribution in [2.24, 2.45) is 0 Å². The molecule has 3 rings (SSSR count). The van der Waals surface area contributed by atoms with Crippen LogP contribution in [0, 0.1) is 11.3 Å². The number of H-pyrrole nitrogens is 1. The van der Waals surface area contributed by atoms with Gasteiger partial charge in [0.15, 0.2) is 0 Å². The molecule has 0 aliphatic rings. The fourth-order valence-electron chi connectivity index (χ4n) is 2.47. The minimum absolute atomic E-state index is 0.176. The first-order chi connectivity index (χ1) is 12.9. The largest absolute Gasteiger partial charge is 0.475 e. The van der Waals surface area contributed by atoms with Crippen molar-refractivity contribution in [2.75, 3.05) is 13.2 Å². The summed E-state index contributed by atoms with van der Waals surface area (Å²) in [6.07, 6.45) is 3.47. The molecular formula is C21H22N4O2. The molecule has 0 unspecified atom stereocenters. The third kappa shape index (κ3) is 5.16. The Morgan fingerprint density at radius 2 is 1.89 bits per heavy atom. The molecule has 0 aliphatic heterocycles. The Bertz CT molecular complexity index is 934. The number of ether oxygens (including phenoxy) is 2. The van der Waals surface area contributed by atoms with Crippen LogP contribution in [-0.2, 0) is 4.74 Å². The Kier molecular flexibility index (Phi) is 5.53. The van der Waals surface area contributed by atoms with E-state index in [0.29, 0.717) is 30.5 Å². The molecule has 0 amide bonds. The van der Waals surface area contributed by atoms with Crippen molar-refractivity contribution in [3.63, 3.8) is 0 Å². The van der Waals surface area contributed by atoms with Crippen LogP contribution in [0.3, 0.4) is 0 Å². The molecule has 0 fully saturated rings. The molecule has 6 heteroatoms. The monoisotopic (exact) mass is 362 g/mol. The first kappa shape index (κ1) is 18.6. The second-order valence-corrected chi connectivity index (χ2v) is 7.03. The van der Waals surface area contributed by atoms with E-state index in [1.165, 1.54) is 0 Å². The lowest BCUT2D eigenvalue weighted by Crippen LogP contribution is -2.22. The second-order valence-electron chi connectivity index (χ2n) is 7.03. The highest BCUT2D eigenvalue weighted by Gasteiger charge is 2.10. The van der Waals surface area contributed by atoms with E-state index in [9.17, 15) is 0 Å². The van der Waals surface area contributed by atoms with Crippen LogP contribution >= 0.6 is 0 Å². The maximum Gasteiger partial charge on any atom is 0.213 e. The number of nitrogens with zero attached hydrogens (tertiary/aromatic N) is 3. The summed E-state index contributed by atoms with van der Waals surface area (Å²) >= 11 is 0. The quantitative estimate of drug-likeness (QED) is 0.664. The Labute approximate surface area is 158 Å². The zero-order valence-electron chi connectivity index (χ0n) is 15.7. The van der Waals surface area contributed by atoms with E-state index < -0.39 is 0 Å². The van der Waals surface area contributed by atoms with E-state index in [0.717, 1.165) is 16.8 Å². The van der Waals surface area contributed by atoms with Gasteiger partial charge in [-0.05, 0) is 39.0 Å². The van der Waals surface area contributed by atoms with Gasteiger partial charge < -0.3 is 14.5 Å². The molecule has 2 aromatic heterocycles. The zero-order chi connectivity index (χ0) is 19.3. The number of pyridine rings is 1. The van der Waals surface area contributed by atoms with Gasteiger partial charge in [-0.3, -0.25) is 0 Å². The molecule has 0 atom stereocenters. The van der Waals surface area contributed by atoms with Gasteiger partial charge >= 0.3 is 0 Å². The Morgan fingerprint density at radius 1 is 1.04 bits per heavy atom. The number of hydrogen-bond donors (Lipinski definition) is 1. The summed E-state index contributed by atoms with van der Waals surface area (Å²) in [5.74, 6) is 1.26. The predicted octanol–water partition coefficient (Wildman–Crippen LogP) is 4.20. The number of nitrogens with one attached hydrogen (secondary N) is 1. The third-order valence-electron chi connectivity index (χ3n) is 3.76. The van der Waals surface area contributed by atoms with Gasteiger partial charge in [0.25, 0.3) is 0 Å². The van der Waals surface area contributed by atoms with Crippen LogP contribution in [0.15, 0.2) is 48.8 Å². The van der Waals surface area contributed by atoms with Crippen LogP contribution in [0.1, 0.15) is 26.3 Å². The number of aromatic nitrogens is 3. The van der Waals surface area contributed by atoms with Gasteiger partial charge in [-0.1, -0.05) is 12.1 Å². The fourth-order valence-corrected chi connectivity index (χ4v) is 2.47. The molecule has 3 aromatic rings. The SMILES string of the molecule is CC(C)(C)OCCOc1ccc(-c2ncc(-c3cccc(C#N)c3)[nH]2)cn1. The van der Waals surface area contributed by atoms with Crippen molar-refractivity contribution in [3.8, 4) is 34.6 Å². The van der Waals surface area contributed by atoms with E-state index >= 15 is 0 Å². The van der Waals surface area contributed by atoms with Crippen molar-refractivity contribution < 1.29 is 9.47 Å².